The molecule has 0 atom stereocenters. The number of nitrogens with zero attached hydrogens (tertiary/aromatic N) is 2. The van der Waals surface area contributed by atoms with Gasteiger partial charge in [-0.15, -0.1) is 0 Å². The standard InChI is InChI=1S/C12H7BrN2O/c13-10-5-2-1-4-9(10)12-11(15-8-16)6-3-7-14-12/h1-7H. The summed E-state index contributed by atoms with van der Waals surface area (Å²) in [4.78, 5) is 18.2. The van der Waals surface area contributed by atoms with Crippen LogP contribution in [0.4, 0.5) is 5.69 Å². The maximum atomic E-state index is 10.3. The van der Waals surface area contributed by atoms with Crippen molar-refractivity contribution in [1.29, 1.82) is 0 Å². The van der Waals surface area contributed by atoms with E-state index in [0.717, 1.165) is 10.0 Å². The Balaban J connectivity index is 2.64. The minimum Gasteiger partial charge on any atom is -0.254 e. The van der Waals surface area contributed by atoms with Crippen LogP contribution < -0.4 is 0 Å². The topological polar surface area (TPSA) is 42.3 Å². The highest BCUT2D eigenvalue weighted by molar-refractivity contribution is 9.10. The maximum Gasteiger partial charge on any atom is 0.240 e. The van der Waals surface area contributed by atoms with E-state index in [-0.39, 0.29) is 0 Å². The Morgan fingerprint density at radius 2 is 2.00 bits per heavy atom. The van der Waals surface area contributed by atoms with Crippen molar-refractivity contribution in [2.24, 2.45) is 4.99 Å². The summed E-state index contributed by atoms with van der Waals surface area (Å²) >= 11 is 3.44. The van der Waals surface area contributed by atoms with Gasteiger partial charge in [-0.1, -0.05) is 34.1 Å². The normalized spacial score (nSPS) is 9.56. The van der Waals surface area contributed by atoms with E-state index in [1.54, 1.807) is 18.3 Å². The van der Waals surface area contributed by atoms with Gasteiger partial charge in [-0.25, -0.2) is 4.79 Å². The molecule has 0 N–H and O–H groups in total. The fraction of sp³-hybridized carbons (Fsp3) is 0. The van der Waals surface area contributed by atoms with E-state index >= 15 is 0 Å². The molecule has 16 heavy (non-hydrogen) atoms. The quantitative estimate of drug-likeness (QED) is 0.622. The summed E-state index contributed by atoms with van der Waals surface area (Å²) in [5.74, 6) is 0. The average Bonchev–Trinajstić information content (AvgIpc) is 2.31. The zero-order valence-corrected chi connectivity index (χ0v) is 9.81. The zero-order chi connectivity index (χ0) is 11.4. The largest absolute Gasteiger partial charge is 0.254 e. The number of pyridine rings is 1. The zero-order valence-electron chi connectivity index (χ0n) is 8.22. The molecule has 1 aromatic heterocycles. The van der Waals surface area contributed by atoms with Crippen LogP contribution in [0.2, 0.25) is 0 Å². The second kappa shape index (κ2) is 4.84. The molecule has 2 rings (SSSR count). The fourth-order valence-electron chi connectivity index (χ4n) is 1.40. The third-order valence-electron chi connectivity index (χ3n) is 2.08. The van der Waals surface area contributed by atoms with E-state index in [1.165, 1.54) is 6.08 Å². The first-order valence-electron chi connectivity index (χ1n) is 4.60. The first-order chi connectivity index (χ1) is 7.83. The van der Waals surface area contributed by atoms with Crippen molar-refractivity contribution in [3.8, 4) is 11.3 Å². The molecule has 0 bridgehead atoms. The van der Waals surface area contributed by atoms with E-state index in [2.05, 4.69) is 25.9 Å². The van der Waals surface area contributed by atoms with Crippen LogP contribution in [0.25, 0.3) is 11.3 Å². The molecule has 0 aliphatic heterocycles. The van der Waals surface area contributed by atoms with E-state index < -0.39 is 0 Å². The summed E-state index contributed by atoms with van der Waals surface area (Å²) in [5, 5.41) is 0. The van der Waals surface area contributed by atoms with Crippen LogP contribution in [0.15, 0.2) is 52.1 Å². The number of rotatable bonds is 2. The summed E-state index contributed by atoms with van der Waals surface area (Å²) in [6.07, 6.45) is 3.20. The van der Waals surface area contributed by atoms with Crippen molar-refractivity contribution in [3.05, 3.63) is 47.1 Å². The molecule has 3 nitrogen and oxygen atoms in total. The number of benzene rings is 1. The van der Waals surface area contributed by atoms with Gasteiger partial charge in [0.1, 0.15) is 5.69 Å². The molecule has 0 aliphatic rings. The Morgan fingerprint density at radius 3 is 2.75 bits per heavy atom. The van der Waals surface area contributed by atoms with Gasteiger partial charge in [0.05, 0.1) is 5.69 Å². The Morgan fingerprint density at radius 1 is 1.19 bits per heavy atom. The van der Waals surface area contributed by atoms with Gasteiger partial charge < -0.3 is 0 Å². The summed E-state index contributed by atoms with van der Waals surface area (Å²) < 4.78 is 0.913. The summed E-state index contributed by atoms with van der Waals surface area (Å²) in [5.41, 5.74) is 2.08. The lowest BCUT2D eigenvalue weighted by atomic mass is 10.1. The van der Waals surface area contributed by atoms with E-state index in [1.807, 2.05) is 24.3 Å². The number of carbonyl (C=O) groups excluding carboxylic acids is 1. The Labute approximate surface area is 101 Å². The van der Waals surface area contributed by atoms with Crippen LogP contribution in [0.5, 0.6) is 0 Å². The lowest BCUT2D eigenvalue weighted by molar-refractivity contribution is 0.565. The lowest BCUT2D eigenvalue weighted by Gasteiger charge is -2.05. The minimum atomic E-state index is 0.518. The van der Waals surface area contributed by atoms with Gasteiger partial charge in [0.2, 0.25) is 6.08 Å². The SMILES string of the molecule is O=C=Nc1cccnc1-c1ccccc1Br. The summed E-state index contributed by atoms with van der Waals surface area (Å²) in [6.45, 7) is 0. The Kier molecular flexibility index (Phi) is 3.25. The van der Waals surface area contributed by atoms with Gasteiger partial charge in [-0.05, 0) is 18.2 Å². The first kappa shape index (κ1) is 10.7. The predicted molar refractivity (Wildman–Crippen MR) is 65.2 cm³/mol. The molecule has 0 spiro atoms. The molecule has 4 heteroatoms. The van der Waals surface area contributed by atoms with Gasteiger partial charge in [-0.2, -0.15) is 4.99 Å². The third-order valence-corrected chi connectivity index (χ3v) is 2.77. The van der Waals surface area contributed by atoms with Crippen LogP contribution in [-0.4, -0.2) is 11.1 Å². The summed E-state index contributed by atoms with van der Waals surface area (Å²) in [7, 11) is 0. The number of aliphatic imine (C=N–C) groups is 1. The van der Waals surface area contributed by atoms with E-state index in [0.29, 0.717) is 11.4 Å². The van der Waals surface area contributed by atoms with Crippen LogP contribution in [0.3, 0.4) is 0 Å². The van der Waals surface area contributed by atoms with Crippen molar-refractivity contribution in [2.75, 3.05) is 0 Å². The van der Waals surface area contributed by atoms with Crippen LogP contribution in [0, 0.1) is 0 Å². The van der Waals surface area contributed by atoms with Crippen molar-refractivity contribution < 1.29 is 4.79 Å². The van der Waals surface area contributed by atoms with E-state index in [9.17, 15) is 4.79 Å². The highest BCUT2D eigenvalue weighted by atomic mass is 79.9. The molecule has 0 unspecified atom stereocenters. The molecule has 0 radical (unpaired) electrons. The number of isocyanates is 1. The van der Waals surface area contributed by atoms with Crippen LogP contribution >= 0.6 is 15.9 Å². The number of hydrogen-bond donors (Lipinski definition) is 0. The second-order valence-corrected chi connectivity index (χ2v) is 3.91. The van der Waals surface area contributed by atoms with Gasteiger partial charge in [0.15, 0.2) is 0 Å². The minimum absolute atomic E-state index is 0.518. The van der Waals surface area contributed by atoms with Crippen LogP contribution in [0.1, 0.15) is 0 Å². The fourth-order valence-corrected chi connectivity index (χ4v) is 1.87. The highest BCUT2D eigenvalue weighted by Crippen LogP contribution is 2.32. The highest BCUT2D eigenvalue weighted by Gasteiger charge is 2.08. The molecular weight excluding hydrogens is 268 g/mol. The van der Waals surface area contributed by atoms with Crippen molar-refractivity contribution in [2.45, 2.75) is 0 Å². The maximum absolute atomic E-state index is 10.3. The van der Waals surface area contributed by atoms with Gasteiger partial charge in [-0.3, -0.25) is 4.98 Å². The molecule has 78 valence electrons. The number of hydrogen-bond acceptors (Lipinski definition) is 3. The van der Waals surface area contributed by atoms with Gasteiger partial charge in [0.25, 0.3) is 0 Å². The number of aromatic nitrogens is 1. The molecular formula is C12H7BrN2O. The molecule has 0 fully saturated rings. The molecule has 1 heterocycles. The average molecular weight is 275 g/mol. The second-order valence-electron chi connectivity index (χ2n) is 3.05. The Bertz CT molecular complexity index is 562. The summed E-state index contributed by atoms with van der Waals surface area (Å²) in [6, 6.07) is 11.1. The monoisotopic (exact) mass is 274 g/mol. The van der Waals surface area contributed by atoms with Crippen molar-refractivity contribution in [3.63, 3.8) is 0 Å². The third kappa shape index (κ3) is 2.08. The molecule has 2 aromatic rings. The molecule has 0 amide bonds. The van der Waals surface area contributed by atoms with Gasteiger partial charge >= 0.3 is 0 Å². The predicted octanol–water partition coefficient (Wildman–Crippen LogP) is 3.48. The lowest BCUT2D eigenvalue weighted by Crippen LogP contribution is -1.84. The van der Waals surface area contributed by atoms with E-state index in [4.69, 9.17) is 0 Å². The smallest absolute Gasteiger partial charge is 0.240 e. The van der Waals surface area contributed by atoms with Gasteiger partial charge in [0, 0.05) is 16.2 Å². The van der Waals surface area contributed by atoms with Crippen molar-refractivity contribution >= 4 is 27.7 Å². The molecule has 0 aliphatic carbocycles. The molecule has 0 saturated carbocycles. The number of halogens is 1. The van der Waals surface area contributed by atoms with Crippen molar-refractivity contribution in [1.82, 2.24) is 4.98 Å². The van der Waals surface area contributed by atoms with Crippen LogP contribution in [-0.2, 0) is 4.79 Å². The molecule has 0 saturated heterocycles. The molecule has 1 aromatic carbocycles. The first-order valence-corrected chi connectivity index (χ1v) is 5.40. The Hall–Kier alpha value is -1.77.